The summed E-state index contributed by atoms with van der Waals surface area (Å²) in [7, 11) is 1.63. The van der Waals surface area contributed by atoms with Crippen LogP contribution in [0.5, 0.6) is 5.75 Å². The Bertz CT molecular complexity index is 454. The van der Waals surface area contributed by atoms with Crippen LogP contribution in [0, 0.1) is 0 Å². The smallest absolute Gasteiger partial charge is 0.224 e. The molecule has 0 radical (unpaired) electrons. The van der Waals surface area contributed by atoms with Crippen molar-refractivity contribution in [2.24, 2.45) is 5.73 Å². The van der Waals surface area contributed by atoms with Crippen molar-refractivity contribution in [1.82, 2.24) is 5.32 Å². The fourth-order valence-corrected chi connectivity index (χ4v) is 2.92. The van der Waals surface area contributed by atoms with Crippen molar-refractivity contribution < 1.29 is 9.53 Å². The Morgan fingerprint density at radius 1 is 1.35 bits per heavy atom. The van der Waals surface area contributed by atoms with Gasteiger partial charge in [0.2, 0.25) is 5.91 Å². The second kappa shape index (κ2) is 6.75. The van der Waals surface area contributed by atoms with Crippen molar-refractivity contribution in [2.45, 2.75) is 44.1 Å². The van der Waals surface area contributed by atoms with Gasteiger partial charge in [-0.25, -0.2) is 0 Å². The number of nitrogens with one attached hydrogen (secondary N) is 1. The minimum Gasteiger partial charge on any atom is -0.497 e. The lowest BCUT2D eigenvalue weighted by Crippen LogP contribution is -2.55. The van der Waals surface area contributed by atoms with Crippen molar-refractivity contribution in [1.29, 1.82) is 0 Å². The summed E-state index contributed by atoms with van der Waals surface area (Å²) in [6.45, 7) is 0.525. The molecule has 0 spiro atoms. The average molecular weight is 276 g/mol. The first-order valence-electron chi connectivity index (χ1n) is 7.31. The lowest BCUT2D eigenvalue weighted by molar-refractivity contribution is -0.122. The van der Waals surface area contributed by atoms with Crippen LogP contribution in [-0.2, 0) is 11.2 Å². The van der Waals surface area contributed by atoms with Crippen molar-refractivity contribution in [3.05, 3.63) is 29.8 Å². The lowest BCUT2D eigenvalue weighted by atomic mass is 9.81. The van der Waals surface area contributed by atoms with E-state index >= 15 is 0 Å². The van der Waals surface area contributed by atoms with Gasteiger partial charge in [0.1, 0.15) is 5.75 Å². The third-order valence-corrected chi connectivity index (χ3v) is 4.10. The molecule has 1 saturated carbocycles. The molecule has 0 heterocycles. The molecular weight excluding hydrogens is 252 g/mol. The van der Waals surface area contributed by atoms with Crippen LogP contribution in [0.15, 0.2) is 24.3 Å². The Labute approximate surface area is 120 Å². The van der Waals surface area contributed by atoms with Gasteiger partial charge in [-0.05, 0) is 30.5 Å². The van der Waals surface area contributed by atoms with E-state index in [0.29, 0.717) is 13.0 Å². The van der Waals surface area contributed by atoms with Crippen LogP contribution in [0.1, 0.15) is 37.7 Å². The zero-order chi connectivity index (χ0) is 14.4. The molecule has 4 nitrogen and oxygen atoms in total. The predicted molar refractivity (Wildman–Crippen MR) is 79.7 cm³/mol. The molecule has 3 N–H and O–H groups in total. The number of benzene rings is 1. The maximum Gasteiger partial charge on any atom is 0.224 e. The molecule has 1 amide bonds. The number of amides is 1. The predicted octanol–water partition coefficient (Wildman–Crippen LogP) is 2.02. The molecule has 0 aliphatic heterocycles. The van der Waals surface area contributed by atoms with Gasteiger partial charge >= 0.3 is 0 Å². The van der Waals surface area contributed by atoms with Crippen LogP contribution in [-0.4, -0.2) is 25.1 Å². The zero-order valence-corrected chi connectivity index (χ0v) is 12.2. The number of carbonyl (C=O) groups excluding carboxylic acids is 1. The van der Waals surface area contributed by atoms with Crippen LogP contribution in [0.25, 0.3) is 0 Å². The topological polar surface area (TPSA) is 64.3 Å². The van der Waals surface area contributed by atoms with Crippen LogP contribution < -0.4 is 15.8 Å². The molecule has 0 atom stereocenters. The highest BCUT2D eigenvalue weighted by Gasteiger charge is 2.31. The standard InChI is InChI=1S/C16H24N2O2/c1-20-14-7-5-6-13(10-14)11-15(19)18-16(12-17)8-3-2-4-9-16/h5-7,10H,2-4,8-9,11-12,17H2,1H3,(H,18,19). The van der Waals surface area contributed by atoms with E-state index < -0.39 is 0 Å². The van der Waals surface area contributed by atoms with E-state index in [4.69, 9.17) is 10.5 Å². The fourth-order valence-electron chi connectivity index (χ4n) is 2.92. The molecule has 0 aromatic heterocycles. The molecule has 1 aliphatic rings. The largest absolute Gasteiger partial charge is 0.497 e. The molecule has 1 aromatic carbocycles. The van der Waals surface area contributed by atoms with E-state index in [1.165, 1.54) is 6.42 Å². The molecule has 0 unspecified atom stereocenters. The Hall–Kier alpha value is -1.55. The zero-order valence-electron chi connectivity index (χ0n) is 12.2. The SMILES string of the molecule is COc1cccc(CC(=O)NC2(CN)CCCCC2)c1. The highest BCUT2D eigenvalue weighted by Crippen LogP contribution is 2.27. The second-order valence-corrected chi connectivity index (χ2v) is 5.62. The van der Waals surface area contributed by atoms with Gasteiger partial charge in [-0.15, -0.1) is 0 Å². The maximum absolute atomic E-state index is 12.2. The molecule has 4 heteroatoms. The van der Waals surface area contributed by atoms with Gasteiger partial charge in [-0.2, -0.15) is 0 Å². The summed E-state index contributed by atoms with van der Waals surface area (Å²) in [5.41, 5.74) is 6.67. The summed E-state index contributed by atoms with van der Waals surface area (Å²) in [4.78, 5) is 12.2. The van der Waals surface area contributed by atoms with Gasteiger partial charge in [0.15, 0.2) is 0 Å². The molecule has 20 heavy (non-hydrogen) atoms. The molecule has 110 valence electrons. The van der Waals surface area contributed by atoms with Crippen LogP contribution in [0.4, 0.5) is 0 Å². The summed E-state index contributed by atoms with van der Waals surface area (Å²) in [6.07, 6.45) is 5.90. The molecular formula is C16H24N2O2. The third kappa shape index (κ3) is 3.73. The Morgan fingerprint density at radius 2 is 2.10 bits per heavy atom. The van der Waals surface area contributed by atoms with Crippen molar-refractivity contribution >= 4 is 5.91 Å². The monoisotopic (exact) mass is 276 g/mol. The summed E-state index contributed by atoms with van der Waals surface area (Å²) in [6, 6.07) is 7.62. The Kier molecular flexibility index (Phi) is 5.01. The van der Waals surface area contributed by atoms with Gasteiger partial charge in [0, 0.05) is 6.54 Å². The molecule has 1 aromatic rings. The van der Waals surface area contributed by atoms with Crippen molar-refractivity contribution in [3.63, 3.8) is 0 Å². The number of carbonyl (C=O) groups is 1. The molecule has 1 aliphatic carbocycles. The van der Waals surface area contributed by atoms with E-state index in [1.54, 1.807) is 7.11 Å². The number of methoxy groups -OCH3 is 1. The van der Waals surface area contributed by atoms with Gasteiger partial charge in [0.05, 0.1) is 19.1 Å². The Balaban J connectivity index is 1.97. The number of rotatable bonds is 5. The van der Waals surface area contributed by atoms with E-state index in [2.05, 4.69) is 5.32 Å². The van der Waals surface area contributed by atoms with Gasteiger partial charge in [0.25, 0.3) is 0 Å². The normalized spacial score (nSPS) is 17.5. The van der Waals surface area contributed by atoms with Crippen molar-refractivity contribution in [2.75, 3.05) is 13.7 Å². The highest BCUT2D eigenvalue weighted by atomic mass is 16.5. The minimum absolute atomic E-state index is 0.0469. The summed E-state index contributed by atoms with van der Waals surface area (Å²) in [5.74, 6) is 0.826. The maximum atomic E-state index is 12.2. The van der Waals surface area contributed by atoms with Crippen LogP contribution in [0.3, 0.4) is 0 Å². The Morgan fingerprint density at radius 3 is 2.75 bits per heavy atom. The quantitative estimate of drug-likeness (QED) is 0.864. The van der Waals surface area contributed by atoms with Crippen LogP contribution >= 0.6 is 0 Å². The van der Waals surface area contributed by atoms with Gasteiger partial charge in [-0.3, -0.25) is 4.79 Å². The average Bonchev–Trinajstić information content (AvgIpc) is 2.48. The van der Waals surface area contributed by atoms with E-state index in [9.17, 15) is 4.79 Å². The summed E-state index contributed by atoms with van der Waals surface area (Å²) in [5, 5.41) is 3.16. The highest BCUT2D eigenvalue weighted by molar-refractivity contribution is 5.79. The molecule has 0 bridgehead atoms. The minimum atomic E-state index is -0.186. The number of nitrogens with two attached hydrogens (primary N) is 1. The van der Waals surface area contributed by atoms with Crippen molar-refractivity contribution in [3.8, 4) is 5.75 Å². The second-order valence-electron chi connectivity index (χ2n) is 5.62. The number of ether oxygens (including phenoxy) is 1. The number of hydrogen-bond acceptors (Lipinski definition) is 3. The molecule has 1 fully saturated rings. The fraction of sp³-hybridized carbons (Fsp3) is 0.562. The van der Waals surface area contributed by atoms with E-state index in [1.807, 2.05) is 24.3 Å². The molecule has 2 rings (SSSR count). The first-order chi connectivity index (χ1) is 9.67. The van der Waals surface area contributed by atoms with E-state index in [-0.39, 0.29) is 11.4 Å². The van der Waals surface area contributed by atoms with E-state index in [0.717, 1.165) is 37.0 Å². The summed E-state index contributed by atoms with van der Waals surface area (Å²) >= 11 is 0. The first-order valence-corrected chi connectivity index (χ1v) is 7.31. The third-order valence-electron chi connectivity index (χ3n) is 4.10. The lowest BCUT2D eigenvalue weighted by Gasteiger charge is -2.37. The molecule has 0 saturated heterocycles. The van der Waals surface area contributed by atoms with Gasteiger partial charge < -0.3 is 15.8 Å². The van der Waals surface area contributed by atoms with Crippen LogP contribution in [0.2, 0.25) is 0 Å². The summed E-state index contributed by atoms with van der Waals surface area (Å²) < 4.78 is 5.18. The van der Waals surface area contributed by atoms with Gasteiger partial charge in [-0.1, -0.05) is 31.4 Å². The first kappa shape index (κ1) is 14.9. The number of hydrogen-bond donors (Lipinski definition) is 2.